The van der Waals surface area contributed by atoms with E-state index in [1.807, 2.05) is 60.7 Å². The molecular formula is C87H63F9N6O5S6. The molecule has 570 valence electrons. The maximum atomic E-state index is 14.5. The lowest BCUT2D eigenvalue weighted by Gasteiger charge is -2.36. The molecule has 0 aliphatic heterocycles. The minimum absolute atomic E-state index is 0.0283. The minimum Gasteiger partial charge on any atom is -0.445 e. The number of ketones is 1. The Kier molecular flexibility index (Phi) is 34.0. The first kappa shape index (κ1) is 86.3. The molecule has 2 amide bonds. The Morgan fingerprint density at radius 1 is 0.469 bits per heavy atom. The van der Waals surface area contributed by atoms with Crippen molar-refractivity contribution in [3.63, 3.8) is 0 Å². The molecule has 11 nitrogen and oxygen atoms in total. The van der Waals surface area contributed by atoms with Gasteiger partial charge in [-0.05, 0) is 251 Å². The van der Waals surface area contributed by atoms with Gasteiger partial charge in [0.2, 0.25) is 0 Å². The zero-order valence-corrected chi connectivity index (χ0v) is 64.4. The summed E-state index contributed by atoms with van der Waals surface area (Å²) in [7, 11) is 5.63. The second-order valence-electron chi connectivity index (χ2n) is 24.5. The van der Waals surface area contributed by atoms with Crippen molar-refractivity contribution in [3.8, 4) is 130 Å². The van der Waals surface area contributed by atoms with Crippen LogP contribution >= 0.6 is 0 Å². The number of Topliss-reactive ketones (excluding diaryl/α,β-unsaturated/α-hetero) is 1. The average molecular weight is 1640 g/mol. The number of carbonyl (C=O) groups excluding carboxylic acids is 3. The number of halogens is 9. The molecule has 11 aromatic rings. The summed E-state index contributed by atoms with van der Waals surface area (Å²) in [5, 5.41) is 6.93. The van der Waals surface area contributed by atoms with Crippen molar-refractivity contribution in [2.24, 2.45) is 5.73 Å². The Labute approximate surface area is 667 Å². The second-order valence-corrected chi connectivity index (χ2v) is 31.5. The molecule has 0 spiro atoms. The van der Waals surface area contributed by atoms with Crippen LogP contribution in [0.5, 0.6) is 0 Å². The summed E-state index contributed by atoms with van der Waals surface area (Å²) in [4.78, 5) is 43.1. The number of fused-ring (bicyclic) bond motifs is 3. The lowest BCUT2D eigenvalue weighted by Crippen LogP contribution is -2.44. The smallest absolute Gasteiger partial charge is 0.407 e. The van der Waals surface area contributed by atoms with E-state index in [2.05, 4.69) is 131 Å². The van der Waals surface area contributed by atoms with Gasteiger partial charge in [0, 0.05) is 129 Å². The monoisotopic (exact) mass is 1630 g/mol. The lowest BCUT2D eigenvalue weighted by atomic mass is 9.74. The number of benzene rings is 8. The van der Waals surface area contributed by atoms with Crippen LogP contribution in [0, 0.1) is 149 Å². The highest BCUT2D eigenvalue weighted by Crippen LogP contribution is 2.47. The Morgan fingerprint density at radius 2 is 0.832 bits per heavy atom. The molecule has 26 heteroatoms. The summed E-state index contributed by atoms with van der Waals surface area (Å²) in [6, 6.07) is 44.5. The number of rotatable bonds is 11. The summed E-state index contributed by atoms with van der Waals surface area (Å²) in [5.41, 5.74) is 14.2. The van der Waals surface area contributed by atoms with E-state index in [4.69, 9.17) is 28.1 Å². The van der Waals surface area contributed by atoms with E-state index < -0.39 is 47.1 Å². The summed E-state index contributed by atoms with van der Waals surface area (Å²) in [5.74, 6) is 26.0. The van der Waals surface area contributed by atoms with Crippen molar-refractivity contribution in [2.75, 3.05) is 0 Å². The van der Waals surface area contributed by atoms with Crippen molar-refractivity contribution in [2.45, 2.75) is 88.6 Å². The third-order valence-corrected chi connectivity index (χ3v) is 23.4. The molecule has 0 bridgehead atoms. The van der Waals surface area contributed by atoms with Gasteiger partial charge in [0.25, 0.3) is 0 Å². The zero-order valence-electron chi connectivity index (χ0n) is 59.5. The molecule has 14 rings (SSSR count). The molecule has 0 atom stereocenters. The Balaban J connectivity index is 0.000000178. The minimum atomic E-state index is -0.682. The number of nitrogens with one attached hydrogen (secondary N) is 5. The summed E-state index contributed by atoms with van der Waals surface area (Å²) in [6.45, 7) is 2.09. The first-order valence-electron chi connectivity index (χ1n) is 33.8. The molecular weight excluding hydrogens is 1570 g/mol. The van der Waals surface area contributed by atoms with Crippen LogP contribution in [0.25, 0.3) is 66.5 Å². The van der Waals surface area contributed by atoms with Gasteiger partial charge in [-0.2, -0.15) is 0 Å². The number of ether oxygens (including phenoxy) is 2. The summed E-state index contributed by atoms with van der Waals surface area (Å²) < 4.78 is 133. The fourth-order valence-corrected chi connectivity index (χ4v) is 17.1. The van der Waals surface area contributed by atoms with E-state index in [0.717, 1.165) is 58.9 Å². The van der Waals surface area contributed by atoms with Gasteiger partial charge >= 0.3 is 12.2 Å². The largest absolute Gasteiger partial charge is 0.445 e. The summed E-state index contributed by atoms with van der Waals surface area (Å²) >= 11 is 9.03. The first-order chi connectivity index (χ1) is 54.6. The van der Waals surface area contributed by atoms with Gasteiger partial charge in [-0.25, -0.2) is 49.1 Å². The Morgan fingerprint density at radius 3 is 1.21 bits per heavy atom. The van der Waals surface area contributed by atoms with Crippen LogP contribution in [-0.2, 0) is 85.4 Å². The fourth-order valence-electron chi connectivity index (χ4n) is 11.6. The van der Waals surface area contributed by atoms with Crippen LogP contribution < -0.4 is 16.4 Å². The van der Waals surface area contributed by atoms with E-state index in [-0.39, 0.29) is 83.0 Å². The van der Waals surface area contributed by atoms with E-state index in [1.54, 1.807) is 49.4 Å². The summed E-state index contributed by atoms with van der Waals surface area (Å²) in [6.07, 6.45) is 17.0. The van der Waals surface area contributed by atoms with Gasteiger partial charge in [-0.1, -0.05) is 60.7 Å². The van der Waals surface area contributed by atoms with Crippen molar-refractivity contribution in [1.82, 2.24) is 25.6 Å². The van der Waals surface area contributed by atoms with E-state index >= 15 is 0 Å². The van der Waals surface area contributed by atoms with Crippen LogP contribution in [-0.4, -0.2) is 51.0 Å². The van der Waals surface area contributed by atoms with Crippen molar-refractivity contribution in [1.29, 1.82) is 0 Å². The molecule has 3 aromatic heterocycles. The number of aromatic nitrogens is 3. The number of alkyl carbamates (subject to hydrolysis) is 2. The highest BCUT2D eigenvalue weighted by Gasteiger charge is 2.37. The fraction of sp³-hybridized carbons (Fsp3) is 0.161. The van der Waals surface area contributed by atoms with E-state index in [0.29, 0.717) is 70.1 Å². The van der Waals surface area contributed by atoms with Crippen LogP contribution in [0.15, 0.2) is 176 Å². The maximum Gasteiger partial charge on any atom is 0.407 e. The van der Waals surface area contributed by atoms with Gasteiger partial charge in [0.05, 0.1) is 27.9 Å². The van der Waals surface area contributed by atoms with Crippen LogP contribution in [0.2, 0.25) is 0 Å². The quantitative estimate of drug-likeness (QED) is 0.0550. The molecule has 3 heterocycles. The predicted molar refractivity (Wildman–Crippen MR) is 439 cm³/mol. The number of H-pyrrole nitrogens is 3. The average Bonchev–Trinajstić information content (AvgIpc) is 1.61. The highest BCUT2D eigenvalue weighted by molar-refractivity contribution is 8.64. The first-order valence-corrected chi connectivity index (χ1v) is 40.5. The predicted octanol–water partition coefficient (Wildman–Crippen LogP) is 17.7. The third kappa shape index (κ3) is 26.5. The molecule has 7 N–H and O–H groups in total. The number of aromatic amines is 3. The topological polar surface area (TPSA) is 167 Å². The molecule has 3 aliphatic rings. The van der Waals surface area contributed by atoms with Crippen LogP contribution in [0.4, 0.5) is 49.1 Å². The molecule has 3 aliphatic carbocycles. The molecule has 113 heavy (non-hydrogen) atoms. The van der Waals surface area contributed by atoms with Crippen molar-refractivity contribution < 1.29 is 63.4 Å². The third-order valence-electron chi connectivity index (χ3n) is 16.7. The Hall–Kier alpha value is -12.3. The second kappa shape index (κ2) is 44.5. The number of hydrogen-bond donors (Lipinski definition) is 6. The van der Waals surface area contributed by atoms with Crippen molar-refractivity contribution in [3.05, 3.63) is 251 Å². The van der Waals surface area contributed by atoms with Gasteiger partial charge in [0.1, 0.15) is 71.4 Å². The number of carbonyl (C=O) groups is 3. The SMILES string of the molecule is C#CC.C#CC#CC#CC#CC#CC#CC#C.Fc1ccc(-c2cc3cc(F)cc(F)c3[nH]2)cc1.NC1CC(c2c(-c3ccc(F)cc3)[nH]c3c(F)cc(F)cc23)C1.O=C(NC1CC(c2c(-c3ccc(F)cc3)[nH]c3c(F)cc(F)cc23)C1)OCc1ccccc1.O=C1CC(NC(=O)OCc2ccccc2)C1.S=S=S=S=S=S. The zero-order chi connectivity index (χ0) is 81.2. The van der Waals surface area contributed by atoms with Crippen molar-refractivity contribution >= 4 is 109 Å². The molecule has 0 radical (unpaired) electrons. The molecule has 3 saturated carbocycles. The van der Waals surface area contributed by atoms with Gasteiger partial charge in [-0.3, -0.25) is 4.79 Å². The maximum absolute atomic E-state index is 14.5. The number of hydrogen-bond acceptors (Lipinski definition) is 8. The molecule has 0 saturated heterocycles. The number of terminal acetylenes is 3. The van der Waals surface area contributed by atoms with Crippen LogP contribution in [0.3, 0.4) is 0 Å². The van der Waals surface area contributed by atoms with E-state index in [9.17, 15) is 53.9 Å². The normalized spacial score (nSPS) is 14.1. The van der Waals surface area contributed by atoms with Gasteiger partial charge in [0.15, 0.2) is 0 Å². The van der Waals surface area contributed by atoms with Gasteiger partial charge in [-0.15, -0.1) is 25.2 Å². The van der Waals surface area contributed by atoms with Gasteiger partial charge < -0.3 is 40.8 Å². The molecule has 0 unspecified atom stereocenters. The highest BCUT2D eigenvalue weighted by atomic mass is 33.3. The standard InChI is InChI=1S/C26H21F3N2O2.C18H15F3N2.C14H8F3N.C14H2.C12H13NO3.C3H4.S6/c27-18-8-6-16(7-9-18)24-23(21-12-19(28)13-22(29)25(21)31-24)17-10-20(11-17)30-26(32)33-14-15-4-2-1-3-5-15;19-11-3-1-9(2-4-11)17-16(10-5-13(22)6-10)14-7-12(20)8-15(21)18(14)23-17;15-10-3-1-8(2-4-10)13-6-9-5-11(16)7-12(17)14(9)18-13;1-3-5-7-9-11-13-14-12-10-8-6-4-2;14-11-6-10(7-11)13-12(15)16-8-9-4-2-1-3-5-9;1-3-2;1-3-5-6-4-2/h1-9,12-13,17,20,31H,10-11,14H2,(H,30,32);1-4,7-8,10,13,23H,5-6,22H2;1-7,18H;1-2H;1-5,10H,6-8H2,(H,13,15);1H,2H3;. The Bertz CT molecular complexity index is 5830. The number of amides is 2. The molecule has 3 fully saturated rings. The van der Waals surface area contributed by atoms with E-state index in [1.165, 1.54) is 90.1 Å². The number of nitrogens with two attached hydrogens (primary N) is 1. The molecule has 8 aromatic carbocycles. The lowest BCUT2D eigenvalue weighted by molar-refractivity contribution is -0.125. The van der Waals surface area contributed by atoms with Crippen LogP contribution in [0.1, 0.15) is 79.5 Å².